The van der Waals surface area contributed by atoms with Crippen molar-refractivity contribution in [3.05, 3.63) is 24.3 Å². The zero-order valence-electron chi connectivity index (χ0n) is 15.2. The van der Waals surface area contributed by atoms with Crippen molar-refractivity contribution in [3.63, 3.8) is 0 Å². The van der Waals surface area contributed by atoms with Gasteiger partial charge in [0.15, 0.2) is 6.79 Å². The fourth-order valence-corrected chi connectivity index (χ4v) is 5.41. The van der Waals surface area contributed by atoms with E-state index in [1.165, 1.54) is 32.1 Å². The number of hydrogen-bond donors (Lipinski definition) is 0. The van der Waals surface area contributed by atoms with Gasteiger partial charge in [0.1, 0.15) is 15.4 Å². The first-order chi connectivity index (χ1) is 12.6. The summed E-state index contributed by atoms with van der Waals surface area (Å²) >= 11 is 2.10. The molecule has 0 saturated heterocycles. The third-order valence-electron chi connectivity index (χ3n) is 6.28. The highest BCUT2D eigenvalue weighted by atomic mass is 127. The molecule has 4 saturated carbocycles. The van der Waals surface area contributed by atoms with E-state index in [1.807, 2.05) is 19.1 Å². The van der Waals surface area contributed by atoms with E-state index >= 15 is 0 Å². The zero-order chi connectivity index (χ0) is 18.1. The predicted octanol–water partition coefficient (Wildman–Crippen LogP) is 4.98. The number of ether oxygens (including phenoxy) is 3. The van der Waals surface area contributed by atoms with Gasteiger partial charge in [-0.1, -0.05) is 29.5 Å². The molecule has 5 rings (SSSR count). The van der Waals surface area contributed by atoms with Crippen molar-refractivity contribution in [2.45, 2.75) is 55.5 Å². The lowest BCUT2D eigenvalue weighted by Gasteiger charge is -2.53. The van der Waals surface area contributed by atoms with Crippen molar-refractivity contribution in [2.24, 2.45) is 23.7 Å². The Morgan fingerprint density at radius 1 is 1.04 bits per heavy atom. The Morgan fingerprint density at radius 2 is 1.62 bits per heavy atom. The molecule has 0 amide bonds. The first-order valence-corrected chi connectivity index (χ1v) is 11.1. The molecule has 4 aliphatic rings. The summed E-state index contributed by atoms with van der Waals surface area (Å²) in [5.74, 6) is 4.51. The number of alkyl halides is 1. The van der Waals surface area contributed by atoms with Crippen molar-refractivity contribution in [1.82, 2.24) is 0 Å². The normalized spacial score (nSPS) is 33.1. The highest BCUT2D eigenvalue weighted by Crippen LogP contribution is 2.54. The van der Waals surface area contributed by atoms with E-state index in [1.54, 1.807) is 12.1 Å². The largest absolute Gasteiger partial charge is 0.468 e. The van der Waals surface area contributed by atoms with E-state index in [0.29, 0.717) is 18.6 Å². The number of carbonyl (C=O) groups is 1. The second-order valence-corrected chi connectivity index (χ2v) is 9.60. The molecule has 0 aliphatic heterocycles. The molecule has 4 bridgehead atoms. The maximum absolute atomic E-state index is 11.8. The van der Waals surface area contributed by atoms with Crippen LogP contribution in [0.25, 0.3) is 0 Å². The quantitative estimate of drug-likeness (QED) is 0.185. The van der Waals surface area contributed by atoms with Gasteiger partial charge in [-0.3, -0.25) is 4.79 Å². The summed E-state index contributed by atoms with van der Waals surface area (Å²) in [5.41, 5.74) is 0. The molecule has 5 heteroatoms. The Labute approximate surface area is 169 Å². The molecule has 0 N–H and O–H groups in total. The maximum atomic E-state index is 11.8. The fourth-order valence-electron chi connectivity index (χ4n) is 5.28. The fraction of sp³-hybridized carbons (Fsp3) is 0.667. The summed E-state index contributed by atoms with van der Waals surface area (Å²) < 4.78 is 17.2. The molecule has 0 aromatic heterocycles. The van der Waals surface area contributed by atoms with Crippen LogP contribution in [0.15, 0.2) is 24.3 Å². The number of benzene rings is 1. The smallest absolute Gasteiger partial charge is 0.324 e. The van der Waals surface area contributed by atoms with Crippen LogP contribution in [-0.2, 0) is 9.53 Å². The molecule has 1 aromatic carbocycles. The molecule has 1 aromatic rings. The second kappa shape index (κ2) is 8.05. The number of carbonyl (C=O) groups excluding carboxylic acids is 1. The van der Waals surface area contributed by atoms with E-state index in [-0.39, 0.29) is 9.89 Å². The Balaban J connectivity index is 1.24. The average molecular weight is 470 g/mol. The van der Waals surface area contributed by atoms with Crippen LogP contribution in [0.4, 0.5) is 0 Å². The second-order valence-electron chi connectivity index (χ2n) is 8.09. The Hall–Kier alpha value is -0.820. The van der Waals surface area contributed by atoms with Gasteiger partial charge in [-0.25, -0.2) is 0 Å². The minimum atomic E-state index is -0.202. The zero-order valence-corrected chi connectivity index (χ0v) is 17.4. The Morgan fingerprint density at radius 3 is 2.19 bits per heavy atom. The van der Waals surface area contributed by atoms with Gasteiger partial charge in [0.2, 0.25) is 0 Å². The predicted molar refractivity (Wildman–Crippen MR) is 108 cm³/mol. The molecule has 1 atom stereocenters. The summed E-state index contributed by atoms with van der Waals surface area (Å²) in [6.07, 6.45) is 8.03. The minimum absolute atomic E-state index is 0.113. The van der Waals surface area contributed by atoms with Gasteiger partial charge in [-0.15, -0.1) is 0 Å². The van der Waals surface area contributed by atoms with Crippen LogP contribution in [0.5, 0.6) is 11.5 Å². The van der Waals surface area contributed by atoms with Gasteiger partial charge < -0.3 is 14.2 Å². The van der Waals surface area contributed by atoms with Crippen molar-refractivity contribution < 1.29 is 19.0 Å². The summed E-state index contributed by atoms with van der Waals surface area (Å²) in [6, 6.07) is 7.21. The van der Waals surface area contributed by atoms with Gasteiger partial charge in [-0.05, 0) is 86.5 Å². The van der Waals surface area contributed by atoms with Crippen LogP contribution in [-0.4, -0.2) is 22.8 Å². The van der Waals surface area contributed by atoms with Gasteiger partial charge in [0, 0.05) is 0 Å². The summed E-state index contributed by atoms with van der Waals surface area (Å²) in [7, 11) is 0. The van der Waals surface area contributed by atoms with E-state index in [9.17, 15) is 4.79 Å². The third-order valence-corrected chi connectivity index (χ3v) is 7.67. The molecule has 0 spiro atoms. The molecule has 4 aliphatic carbocycles. The molecule has 1 unspecified atom stereocenters. The molecular weight excluding hydrogens is 443 g/mol. The molecule has 4 fully saturated rings. The van der Waals surface area contributed by atoms with Gasteiger partial charge in [0.05, 0.1) is 6.10 Å². The number of halogens is 1. The lowest BCUT2D eigenvalue weighted by Crippen LogP contribution is -2.49. The molecule has 4 nitrogen and oxygen atoms in total. The molecule has 142 valence electrons. The van der Waals surface area contributed by atoms with Crippen molar-refractivity contribution in [2.75, 3.05) is 6.79 Å². The van der Waals surface area contributed by atoms with E-state index in [2.05, 4.69) is 22.6 Å². The van der Waals surface area contributed by atoms with Crippen LogP contribution in [0.2, 0.25) is 0 Å². The maximum Gasteiger partial charge on any atom is 0.324 e. The molecular formula is C21H27IO4. The Kier molecular flexibility index (Phi) is 5.74. The number of rotatable bonds is 7. The van der Waals surface area contributed by atoms with E-state index < -0.39 is 0 Å². The van der Waals surface area contributed by atoms with Crippen molar-refractivity contribution in [3.8, 4) is 11.5 Å². The van der Waals surface area contributed by atoms with Gasteiger partial charge in [-0.2, -0.15) is 0 Å². The van der Waals surface area contributed by atoms with Crippen LogP contribution in [0, 0.1) is 23.7 Å². The SMILES string of the molecule is CCC(I)C(=O)Oc1ccc(OCOC2C3CC4CC(C3)CC2C4)cc1. The molecule has 0 radical (unpaired) electrons. The highest BCUT2D eigenvalue weighted by molar-refractivity contribution is 14.1. The first kappa shape index (κ1) is 18.5. The summed E-state index contributed by atoms with van der Waals surface area (Å²) in [5, 5.41) is 0. The summed E-state index contributed by atoms with van der Waals surface area (Å²) in [6.45, 7) is 2.27. The average Bonchev–Trinajstić information content (AvgIpc) is 2.64. The standard InChI is InChI=1S/C21H27IO4/c1-2-19(22)21(23)26-18-5-3-17(4-6-18)24-12-25-20-15-8-13-7-14(10-15)11-16(20)9-13/h3-6,13-16,19-20H,2,7-12H2,1H3. The van der Waals surface area contributed by atoms with E-state index in [0.717, 1.165) is 35.8 Å². The molecule has 26 heavy (non-hydrogen) atoms. The monoisotopic (exact) mass is 470 g/mol. The minimum Gasteiger partial charge on any atom is -0.468 e. The van der Waals surface area contributed by atoms with Crippen LogP contribution >= 0.6 is 22.6 Å². The topological polar surface area (TPSA) is 44.8 Å². The van der Waals surface area contributed by atoms with Gasteiger partial charge >= 0.3 is 5.97 Å². The number of hydrogen-bond acceptors (Lipinski definition) is 4. The molecule has 0 heterocycles. The van der Waals surface area contributed by atoms with Gasteiger partial charge in [0.25, 0.3) is 0 Å². The summed E-state index contributed by atoms with van der Waals surface area (Å²) in [4.78, 5) is 11.8. The first-order valence-electron chi connectivity index (χ1n) is 9.82. The lowest BCUT2D eigenvalue weighted by molar-refractivity contribution is -0.155. The number of esters is 1. The van der Waals surface area contributed by atoms with Crippen LogP contribution in [0.1, 0.15) is 45.4 Å². The Bertz CT molecular complexity index is 601. The third kappa shape index (κ3) is 4.03. The van der Waals surface area contributed by atoms with Crippen LogP contribution in [0.3, 0.4) is 0 Å². The highest BCUT2D eigenvalue weighted by Gasteiger charge is 2.48. The van der Waals surface area contributed by atoms with Crippen molar-refractivity contribution in [1.29, 1.82) is 0 Å². The van der Waals surface area contributed by atoms with Crippen LogP contribution < -0.4 is 9.47 Å². The van der Waals surface area contributed by atoms with Crippen molar-refractivity contribution >= 4 is 28.6 Å². The van der Waals surface area contributed by atoms with E-state index in [4.69, 9.17) is 14.2 Å². The lowest BCUT2D eigenvalue weighted by atomic mass is 9.55.